The van der Waals surface area contributed by atoms with Crippen LogP contribution in [0.25, 0.3) is 0 Å². The summed E-state index contributed by atoms with van der Waals surface area (Å²) in [4.78, 5) is 22.4. The lowest BCUT2D eigenvalue weighted by atomic mass is 10.1. The van der Waals surface area contributed by atoms with E-state index in [1.54, 1.807) is 6.92 Å². The zero-order valence-corrected chi connectivity index (χ0v) is 11.8. The van der Waals surface area contributed by atoms with Crippen LogP contribution < -0.4 is 5.32 Å². The minimum Gasteiger partial charge on any atom is -0.465 e. The van der Waals surface area contributed by atoms with E-state index in [0.29, 0.717) is 13.0 Å². The van der Waals surface area contributed by atoms with E-state index in [1.807, 2.05) is 0 Å². The first-order valence-electron chi connectivity index (χ1n) is 7.13. The Bertz CT molecular complexity index is 229. The first-order chi connectivity index (χ1) is 8.70. The quantitative estimate of drug-likeness (QED) is 0.457. The fraction of sp³-hybridized carbons (Fsp3) is 0.857. The van der Waals surface area contributed by atoms with Crippen LogP contribution in [0.1, 0.15) is 65.2 Å². The lowest BCUT2D eigenvalue weighted by Gasteiger charge is -2.05. The highest BCUT2D eigenvalue weighted by molar-refractivity contribution is 5.81. The Labute approximate surface area is 110 Å². The summed E-state index contributed by atoms with van der Waals surface area (Å²) in [6, 6.07) is 0. The van der Waals surface area contributed by atoms with Crippen LogP contribution in [0.5, 0.6) is 0 Å². The zero-order valence-electron chi connectivity index (χ0n) is 11.8. The minimum absolute atomic E-state index is 0.0107. The number of hydrogen-bond acceptors (Lipinski definition) is 3. The number of hydrogen-bond donors (Lipinski definition) is 1. The average molecular weight is 257 g/mol. The van der Waals surface area contributed by atoms with E-state index in [2.05, 4.69) is 12.2 Å². The van der Waals surface area contributed by atoms with Gasteiger partial charge in [0.05, 0.1) is 6.61 Å². The van der Waals surface area contributed by atoms with E-state index in [0.717, 1.165) is 12.8 Å². The van der Waals surface area contributed by atoms with Gasteiger partial charge in [-0.15, -0.1) is 0 Å². The van der Waals surface area contributed by atoms with Gasteiger partial charge in [0.15, 0.2) is 0 Å². The molecule has 0 aliphatic rings. The van der Waals surface area contributed by atoms with E-state index in [4.69, 9.17) is 4.74 Å². The van der Waals surface area contributed by atoms with Gasteiger partial charge in [-0.25, -0.2) is 0 Å². The van der Waals surface area contributed by atoms with Crippen molar-refractivity contribution in [3.05, 3.63) is 0 Å². The van der Waals surface area contributed by atoms with E-state index in [-0.39, 0.29) is 18.4 Å². The van der Waals surface area contributed by atoms with E-state index < -0.39 is 0 Å². The molecule has 0 aliphatic heterocycles. The molecule has 0 aromatic carbocycles. The summed E-state index contributed by atoms with van der Waals surface area (Å²) in [5.41, 5.74) is 0. The van der Waals surface area contributed by atoms with Crippen LogP contribution in [-0.4, -0.2) is 25.0 Å². The van der Waals surface area contributed by atoms with Gasteiger partial charge in [0.25, 0.3) is 0 Å². The molecule has 18 heavy (non-hydrogen) atoms. The fourth-order valence-corrected chi connectivity index (χ4v) is 1.71. The van der Waals surface area contributed by atoms with Crippen LogP contribution in [-0.2, 0) is 14.3 Å². The molecule has 0 radical (unpaired) electrons. The predicted molar refractivity (Wildman–Crippen MR) is 72.3 cm³/mol. The number of esters is 1. The molecule has 1 N–H and O–H groups in total. The third kappa shape index (κ3) is 11.4. The highest BCUT2D eigenvalue weighted by Gasteiger charge is 2.05. The summed E-state index contributed by atoms with van der Waals surface area (Å²) in [5.74, 6) is -0.429. The van der Waals surface area contributed by atoms with Crippen molar-refractivity contribution in [1.82, 2.24) is 5.32 Å². The van der Waals surface area contributed by atoms with Crippen molar-refractivity contribution in [2.45, 2.75) is 65.2 Å². The fourth-order valence-electron chi connectivity index (χ4n) is 1.71. The largest absolute Gasteiger partial charge is 0.465 e. The lowest BCUT2D eigenvalue weighted by molar-refractivity contribution is -0.143. The summed E-state index contributed by atoms with van der Waals surface area (Å²) in [7, 11) is 0. The first-order valence-corrected chi connectivity index (χ1v) is 7.13. The van der Waals surface area contributed by atoms with Gasteiger partial charge in [-0.2, -0.15) is 0 Å². The molecule has 0 unspecified atom stereocenters. The van der Waals surface area contributed by atoms with Gasteiger partial charge in [-0.1, -0.05) is 45.4 Å². The molecule has 0 rings (SSSR count). The normalized spacial score (nSPS) is 10.1. The van der Waals surface area contributed by atoms with Crippen molar-refractivity contribution in [3.63, 3.8) is 0 Å². The van der Waals surface area contributed by atoms with E-state index >= 15 is 0 Å². The standard InChI is InChI=1S/C14H27NO3/c1-3-5-6-7-8-9-10-11-13(16)15-12-14(17)18-4-2/h3-12H2,1-2H3,(H,15,16). The number of amides is 1. The Morgan fingerprint density at radius 1 is 0.944 bits per heavy atom. The summed E-state index contributed by atoms with van der Waals surface area (Å²) in [5, 5.41) is 2.56. The average Bonchev–Trinajstić information content (AvgIpc) is 2.35. The third-order valence-electron chi connectivity index (χ3n) is 2.74. The predicted octanol–water partition coefficient (Wildman–Crippen LogP) is 2.81. The highest BCUT2D eigenvalue weighted by atomic mass is 16.5. The molecule has 0 atom stereocenters. The van der Waals surface area contributed by atoms with E-state index in [9.17, 15) is 9.59 Å². The third-order valence-corrected chi connectivity index (χ3v) is 2.74. The maximum absolute atomic E-state index is 11.4. The number of rotatable bonds is 11. The van der Waals surface area contributed by atoms with Crippen LogP contribution in [0.4, 0.5) is 0 Å². The molecule has 4 heteroatoms. The van der Waals surface area contributed by atoms with Crippen molar-refractivity contribution in [2.75, 3.05) is 13.2 Å². The van der Waals surface area contributed by atoms with Crippen molar-refractivity contribution < 1.29 is 14.3 Å². The monoisotopic (exact) mass is 257 g/mol. The summed E-state index contributed by atoms with van der Waals surface area (Å²) in [6.07, 6.45) is 8.83. The van der Waals surface area contributed by atoms with Crippen molar-refractivity contribution in [2.24, 2.45) is 0 Å². The second-order valence-electron chi connectivity index (χ2n) is 4.45. The number of ether oxygens (including phenoxy) is 1. The second-order valence-corrected chi connectivity index (χ2v) is 4.45. The van der Waals surface area contributed by atoms with Crippen LogP contribution >= 0.6 is 0 Å². The molecule has 1 amide bonds. The SMILES string of the molecule is CCCCCCCCCC(=O)NCC(=O)OCC. The highest BCUT2D eigenvalue weighted by Crippen LogP contribution is 2.08. The molecule has 4 nitrogen and oxygen atoms in total. The lowest BCUT2D eigenvalue weighted by Crippen LogP contribution is -2.30. The molecule has 0 spiro atoms. The summed E-state index contributed by atoms with van der Waals surface area (Å²) in [6.45, 7) is 4.29. The first kappa shape index (κ1) is 16.9. The van der Waals surface area contributed by atoms with Gasteiger partial charge in [0, 0.05) is 6.42 Å². The molecule has 0 bridgehead atoms. The Morgan fingerprint density at radius 3 is 2.17 bits per heavy atom. The van der Waals surface area contributed by atoms with E-state index in [1.165, 1.54) is 32.1 Å². The summed E-state index contributed by atoms with van der Waals surface area (Å²) >= 11 is 0. The molecule has 0 fully saturated rings. The minimum atomic E-state index is -0.370. The molecule has 0 aromatic heterocycles. The Balaban J connectivity index is 3.29. The topological polar surface area (TPSA) is 55.4 Å². The Morgan fingerprint density at radius 2 is 1.56 bits per heavy atom. The Kier molecular flexibility index (Phi) is 11.7. The second kappa shape index (κ2) is 12.4. The molecule has 0 saturated heterocycles. The molecule has 106 valence electrons. The number of carbonyl (C=O) groups excluding carboxylic acids is 2. The number of carbonyl (C=O) groups is 2. The van der Waals surface area contributed by atoms with Gasteiger partial charge in [0.1, 0.15) is 6.54 Å². The van der Waals surface area contributed by atoms with Crippen LogP contribution in [0.2, 0.25) is 0 Å². The molecule has 0 heterocycles. The van der Waals surface area contributed by atoms with Gasteiger partial charge in [-0.3, -0.25) is 9.59 Å². The number of nitrogens with one attached hydrogen (secondary N) is 1. The van der Waals surface area contributed by atoms with Crippen LogP contribution in [0.15, 0.2) is 0 Å². The van der Waals surface area contributed by atoms with Crippen LogP contribution in [0, 0.1) is 0 Å². The van der Waals surface area contributed by atoms with Gasteiger partial charge < -0.3 is 10.1 Å². The van der Waals surface area contributed by atoms with Crippen molar-refractivity contribution >= 4 is 11.9 Å². The van der Waals surface area contributed by atoms with Crippen molar-refractivity contribution in [1.29, 1.82) is 0 Å². The molecule has 0 saturated carbocycles. The number of unbranched alkanes of at least 4 members (excludes halogenated alkanes) is 6. The Hall–Kier alpha value is -1.06. The molecular weight excluding hydrogens is 230 g/mol. The molecule has 0 aromatic rings. The van der Waals surface area contributed by atoms with Gasteiger partial charge >= 0.3 is 5.97 Å². The molecular formula is C14H27NO3. The van der Waals surface area contributed by atoms with Gasteiger partial charge in [-0.05, 0) is 13.3 Å². The van der Waals surface area contributed by atoms with Crippen molar-refractivity contribution in [3.8, 4) is 0 Å². The smallest absolute Gasteiger partial charge is 0.325 e. The van der Waals surface area contributed by atoms with Crippen LogP contribution in [0.3, 0.4) is 0 Å². The maximum Gasteiger partial charge on any atom is 0.325 e. The maximum atomic E-state index is 11.4. The van der Waals surface area contributed by atoms with Gasteiger partial charge in [0.2, 0.25) is 5.91 Å². The summed E-state index contributed by atoms with van der Waals surface area (Å²) < 4.78 is 4.72. The molecule has 0 aliphatic carbocycles. The zero-order chi connectivity index (χ0) is 13.6.